The highest BCUT2D eigenvalue weighted by Crippen LogP contribution is 2.38. The van der Waals surface area contributed by atoms with Crippen LogP contribution in [0.1, 0.15) is 22.0 Å². The summed E-state index contributed by atoms with van der Waals surface area (Å²) < 4.78 is 33.0. The molecule has 0 aliphatic carbocycles. The summed E-state index contributed by atoms with van der Waals surface area (Å²) in [7, 11) is 1.51. The molecule has 2 saturated heterocycles. The summed E-state index contributed by atoms with van der Waals surface area (Å²) in [5.41, 5.74) is 0.642. The van der Waals surface area contributed by atoms with Crippen LogP contribution in [0, 0.1) is 0 Å². The van der Waals surface area contributed by atoms with Crippen LogP contribution in [0.5, 0.6) is 17.2 Å². The molecular formula is C27H32O14. The second kappa shape index (κ2) is 12.1. The molecule has 41 heavy (non-hydrogen) atoms. The van der Waals surface area contributed by atoms with Gasteiger partial charge in [-0.1, -0.05) is 12.1 Å². The number of methoxy groups -OCH3 is 1. The molecule has 3 heterocycles. The predicted molar refractivity (Wildman–Crippen MR) is 134 cm³/mol. The lowest BCUT2D eigenvalue weighted by atomic mass is 9.93. The number of carbonyl (C=O) groups excluding carboxylic acids is 1. The number of Topliss-reactive ketones (excluding diaryl/α,β-unsaturated/α-hetero) is 1. The molecule has 0 saturated carbocycles. The molecule has 14 nitrogen and oxygen atoms in total. The third-order valence-corrected chi connectivity index (χ3v) is 7.27. The van der Waals surface area contributed by atoms with E-state index >= 15 is 0 Å². The third kappa shape index (κ3) is 5.89. The Morgan fingerprint density at radius 3 is 2.22 bits per heavy atom. The van der Waals surface area contributed by atoms with Gasteiger partial charge in [0.2, 0.25) is 6.29 Å². The monoisotopic (exact) mass is 580 g/mol. The first-order valence-electron chi connectivity index (χ1n) is 12.9. The molecule has 0 bridgehead atoms. The zero-order chi connectivity index (χ0) is 29.4. The number of carbonyl (C=O) groups is 1. The number of benzene rings is 2. The SMILES string of the molecule is COc1ccc([C@H]2Oc3cc(O[C@H]4O[C@@H](CO[C@@H]5OC[C@H](O)[C@H](O)[C@H]5O)[C@H](O)[C@H](O)[C@@H]4O)ccc3C(=O)[C@H]2O)cc1. The molecule has 5 rings (SSSR count). The van der Waals surface area contributed by atoms with Gasteiger partial charge in [0.05, 0.1) is 25.9 Å². The topological polar surface area (TPSA) is 214 Å². The van der Waals surface area contributed by atoms with E-state index in [4.69, 9.17) is 28.4 Å². The van der Waals surface area contributed by atoms with E-state index in [1.54, 1.807) is 24.3 Å². The van der Waals surface area contributed by atoms with Crippen molar-refractivity contribution >= 4 is 5.78 Å². The van der Waals surface area contributed by atoms with Crippen LogP contribution in [0.2, 0.25) is 0 Å². The molecule has 224 valence electrons. The number of rotatable bonds is 7. The van der Waals surface area contributed by atoms with Crippen molar-refractivity contribution in [1.29, 1.82) is 0 Å². The zero-order valence-electron chi connectivity index (χ0n) is 21.8. The highest BCUT2D eigenvalue weighted by atomic mass is 16.7. The van der Waals surface area contributed by atoms with Crippen molar-refractivity contribution in [3.63, 3.8) is 0 Å². The fourth-order valence-corrected chi connectivity index (χ4v) is 4.82. The van der Waals surface area contributed by atoms with Crippen molar-refractivity contribution in [2.75, 3.05) is 20.3 Å². The normalized spacial score (nSPS) is 37.2. The van der Waals surface area contributed by atoms with Gasteiger partial charge in [0.25, 0.3) is 0 Å². The molecule has 0 radical (unpaired) electrons. The van der Waals surface area contributed by atoms with Gasteiger partial charge in [0.1, 0.15) is 60.0 Å². The van der Waals surface area contributed by atoms with E-state index in [9.17, 15) is 40.5 Å². The first kappa shape index (κ1) is 29.6. The maximum Gasteiger partial charge on any atom is 0.229 e. The van der Waals surface area contributed by atoms with Gasteiger partial charge >= 0.3 is 0 Å². The van der Waals surface area contributed by atoms with Crippen molar-refractivity contribution in [3.05, 3.63) is 53.6 Å². The molecule has 3 aliphatic rings. The predicted octanol–water partition coefficient (Wildman–Crippen LogP) is -1.99. The van der Waals surface area contributed by atoms with Gasteiger partial charge in [-0.3, -0.25) is 4.79 Å². The summed E-state index contributed by atoms with van der Waals surface area (Å²) in [6.07, 6.45) is -16.0. The molecule has 2 aromatic carbocycles. The average Bonchev–Trinajstić information content (AvgIpc) is 2.98. The zero-order valence-corrected chi connectivity index (χ0v) is 21.8. The molecule has 0 unspecified atom stereocenters. The maximum absolute atomic E-state index is 12.9. The molecule has 0 spiro atoms. The van der Waals surface area contributed by atoms with Crippen molar-refractivity contribution in [1.82, 2.24) is 0 Å². The van der Waals surface area contributed by atoms with E-state index in [-0.39, 0.29) is 23.7 Å². The first-order valence-corrected chi connectivity index (χ1v) is 12.9. The number of hydrogen-bond acceptors (Lipinski definition) is 14. The smallest absolute Gasteiger partial charge is 0.229 e. The van der Waals surface area contributed by atoms with Crippen molar-refractivity contribution in [2.45, 2.75) is 67.5 Å². The molecule has 7 N–H and O–H groups in total. The van der Waals surface area contributed by atoms with E-state index < -0.39 is 79.9 Å². The van der Waals surface area contributed by atoms with Crippen LogP contribution >= 0.6 is 0 Å². The maximum atomic E-state index is 12.9. The van der Waals surface area contributed by atoms with Crippen LogP contribution in [0.15, 0.2) is 42.5 Å². The standard InChI is InChI=1S/C27H32O14/c1-36-12-4-2-11(3-5-12)25-22(33)18(29)14-7-6-13(8-16(14)40-25)39-27-24(35)21(32)20(31)17(41-27)10-38-26-23(34)19(30)15(28)9-37-26/h2-8,15,17,19-28,30-35H,9-10H2,1H3/t15-,17-,19-,20-,21-,22+,23+,24-,25+,26-,27-/m0/s1. The van der Waals surface area contributed by atoms with Crippen molar-refractivity contribution in [3.8, 4) is 17.2 Å². The van der Waals surface area contributed by atoms with Crippen LogP contribution in [-0.2, 0) is 14.2 Å². The lowest BCUT2D eigenvalue weighted by Gasteiger charge is -2.41. The van der Waals surface area contributed by atoms with Crippen LogP contribution in [0.4, 0.5) is 0 Å². The van der Waals surface area contributed by atoms with E-state index in [0.717, 1.165) is 0 Å². The second-order valence-electron chi connectivity index (χ2n) is 9.99. The third-order valence-electron chi connectivity index (χ3n) is 7.27. The Kier molecular flexibility index (Phi) is 8.77. The molecule has 0 amide bonds. The summed E-state index contributed by atoms with van der Waals surface area (Å²) in [5, 5.41) is 71.4. The van der Waals surface area contributed by atoms with Gasteiger partial charge in [-0.15, -0.1) is 0 Å². The largest absolute Gasteiger partial charge is 0.497 e. The number of ether oxygens (including phenoxy) is 6. The fourth-order valence-electron chi connectivity index (χ4n) is 4.82. The van der Waals surface area contributed by atoms with Crippen LogP contribution in [0.3, 0.4) is 0 Å². The molecular weight excluding hydrogens is 548 g/mol. The summed E-state index contributed by atoms with van der Waals surface area (Å²) in [6.45, 7) is -0.748. The van der Waals surface area contributed by atoms with E-state index in [1.807, 2.05) is 0 Å². The second-order valence-corrected chi connectivity index (χ2v) is 9.99. The van der Waals surface area contributed by atoms with Gasteiger partial charge in [0, 0.05) is 6.07 Å². The number of hydrogen-bond donors (Lipinski definition) is 7. The Hall–Kier alpha value is -2.89. The molecule has 0 aromatic heterocycles. The Labute approximate surface area is 233 Å². The van der Waals surface area contributed by atoms with Crippen LogP contribution in [0.25, 0.3) is 0 Å². The van der Waals surface area contributed by atoms with Crippen LogP contribution in [-0.4, -0.2) is 123 Å². The van der Waals surface area contributed by atoms with E-state index in [1.165, 1.54) is 25.3 Å². The number of aliphatic hydroxyl groups is 7. The van der Waals surface area contributed by atoms with Crippen molar-refractivity contribution in [2.24, 2.45) is 0 Å². The Morgan fingerprint density at radius 2 is 1.51 bits per heavy atom. The minimum atomic E-state index is -1.71. The summed E-state index contributed by atoms with van der Waals surface area (Å²) in [5.74, 6) is 0.209. The Morgan fingerprint density at radius 1 is 0.829 bits per heavy atom. The molecule has 2 fully saturated rings. The van der Waals surface area contributed by atoms with Crippen LogP contribution < -0.4 is 14.2 Å². The lowest BCUT2D eigenvalue weighted by Crippen LogP contribution is -2.61. The minimum absolute atomic E-state index is 0.0804. The van der Waals surface area contributed by atoms with Crippen molar-refractivity contribution < 1.29 is 69.0 Å². The highest BCUT2D eigenvalue weighted by Gasteiger charge is 2.46. The average molecular weight is 581 g/mol. The summed E-state index contributed by atoms with van der Waals surface area (Å²) >= 11 is 0. The molecule has 14 heteroatoms. The lowest BCUT2D eigenvalue weighted by molar-refractivity contribution is -0.307. The minimum Gasteiger partial charge on any atom is -0.497 e. The molecule has 2 aromatic rings. The Bertz CT molecular complexity index is 1210. The van der Waals surface area contributed by atoms with E-state index in [0.29, 0.717) is 11.3 Å². The summed E-state index contributed by atoms with van der Waals surface area (Å²) in [4.78, 5) is 12.9. The number of aliphatic hydroxyl groups excluding tert-OH is 7. The number of ketones is 1. The quantitative estimate of drug-likeness (QED) is 0.189. The van der Waals surface area contributed by atoms with Gasteiger partial charge in [-0.25, -0.2) is 0 Å². The molecule has 11 atom stereocenters. The Balaban J connectivity index is 1.28. The first-order chi connectivity index (χ1) is 19.6. The summed E-state index contributed by atoms with van der Waals surface area (Å²) in [6, 6.07) is 10.8. The van der Waals surface area contributed by atoms with E-state index in [2.05, 4.69) is 0 Å². The van der Waals surface area contributed by atoms with Gasteiger partial charge in [-0.05, 0) is 29.8 Å². The van der Waals surface area contributed by atoms with Gasteiger partial charge in [0.15, 0.2) is 24.3 Å². The fraction of sp³-hybridized carbons (Fsp3) is 0.519. The van der Waals surface area contributed by atoms with Gasteiger partial charge < -0.3 is 64.2 Å². The highest BCUT2D eigenvalue weighted by molar-refractivity contribution is 6.03. The van der Waals surface area contributed by atoms with Gasteiger partial charge in [-0.2, -0.15) is 0 Å². The molecule has 3 aliphatic heterocycles. The number of fused-ring (bicyclic) bond motifs is 1.